The predicted octanol–water partition coefficient (Wildman–Crippen LogP) is 4.39. The summed E-state index contributed by atoms with van der Waals surface area (Å²) in [4.78, 5) is 34.8. The molecule has 0 aliphatic rings. The zero-order valence-electron chi connectivity index (χ0n) is 15.1. The Labute approximate surface area is 168 Å². The number of nitrogens with zero attached hydrogens (tertiary/aromatic N) is 1. The number of ether oxygens (including phenoxy) is 2. The van der Waals surface area contributed by atoms with Gasteiger partial charge in [-0.1, -0.05) is 0 Å². The third-order valence-electron chi connectivity index (χ3n) is 4.16. The molecular weight excluding hydrogens is 396 g/mol. The number of aromatic amines is 1. The van der Waals surface area contributed by atoms with E-state index in [9.17, 15) is 9.59 Å². The van der Waals surface area contributed by atoms with Crippen molar-refractivity contribution in [3.8, 4) is 16.2 Å². The lowest BCUT2D eigenvalue weighted by atomic mass is 10.2. The van der Waals surface area contributed by atoms with Gasteiger partial charge in [0.25, 0.3) is 5.56 Å². The normalized spacial score (nSPS) is 10.9. The summed E-state index contributed by atoms with van der Waals surface area (Å²) in [5.74, 6) is 0.476. The van der Waals surface area contributed by atoms with Crippen molar-refractivity contribution in [1.29, 1.82) is 0 Å². The molecule has 0 unspecified atom stereocenters. The van der Waals surface area contributed by atoms with Crippen LogP contribution in [0.25, 0.3) is 20.7 Å². The van der Waals surface area contributed by atoms with Crippen molar-refractivity contribution >= 4 is 38.9 Å². The third-order valence-corrected chi connectivity index (χ3v) is 6.07. The van der Waals surface area contributed by atoms with Crippen LogP contribution in [0, 0.1) is 6.92 Å². The summed E-state index contributed by atoms with van der Waals surface area (Å²) >= 11 is 3.04. The first-order chi connectivity index (χ1) is 13.5. The first-order valence-corrected chi connectivity index (χ1v) is 10.1. The summed E-state index contributed by atoms with van der Waals surface area (Å²) < 4.78 is 10.3. The van der Waals surface area contributed by atoms with Gasteiger partial charge in [0, 0.05) is 20.7 Å². The number of aryl methyl sites for hydroxylation is 1. The number of rotatable bonds is 5. The average molecular weight is 412 g/mol. The molecule has 4 rings (SSSR count). The molecule has 3 aromatic heterocycles. The second kappa shape index (κ2) is 7.57. The fourth-order valence-electron chi connectivity index (χ4n) is 2.77. The fourth-order valence-corrected chi connectivity index (χ4v) is 4.69. The average Bonchev–Trinajstić information content (AvgIpc) is 3.32. The van der Waals surface area contributed by atoms with E-state index in [0.717, 1.165) is 10.4 Å². The van der Waals surface area contributed by atoms with Gasteiger partial charge >= 0.3 is 5.97 Å². The standard InChI is InChI=1S/C20H16N2O4S2/c1-11-3-8-15(28-11)14-10-27-19-17(14)18(23)21-16(22-19)9-26-20(24)12-4-6-13(25-2)7-5-12/h3-8,10H,9H2,1-2H3,(H,21,22,23). The van der Waals surface area contributed by atoms with Crippen LogP contribution < -0.4 is 10.3 Å². The molecule has 1 aromatic carbocycles. The van der Waals surface area contributed by atoms with Gasteiger partial charge in [0.1, 0.15) is 23.0 Å². The zero-order valence-corrected chi connectivity index (χ0v) is 16.8. The second-order valence-corrected chi connectivity index (χ2v) is 8.20. The summed E-state index contributed by atoms with van der Waals surface area (Å²) in [6, 6.07) is 10.6. The van der Waals surface area contributed by atoms with Gasteiger partial charge in [-0.05, 0) is 43.3 Å². The Balaban J connectivity index is 1.55. The van der Waals surface area contributed by atoms with Crippen molar-refractivity contribution in [2.24, 2.45) is 0 Å². The first-order valence-electron chi connectivity index (χ1n) is 8.43. The van der Waals surface area contributed by atoms with E-state index in [2.05, 4.69) is 9.97 Å². The molecule has 0 bridgehead atoms. The summed E-state index contributed by atoms with van der Waals surface area (Å²) in [7, 11) is 1.56. The number of hydrogen-bond donors (Lipinski definition) is 1. The molecule has 0 aliphatic heterocycles. The molecule has 0 saturated carbocycles. The molecule has 0 spiro atoms. The van der Waals surface area contributed by atoms with Crippen LogP contribution >= 0.6 is 22.7 Å². The summed E-state index contributed by atoms with van der Waals surface area (Å²) in [5, 5.41) is 2.50. The highest BCUT2D eigenvalue weighted by atomic mass is 32.1. The maximum atomic E-state index is 12.6. The lowest BCUT2D eigenvalue weighted by molar-refractivity contribution is 0.0462. The van der Waals surface area contributed by atoms with E-state index in [1.165, 1.54) is 16.2 Å². The number of esters is 1. The van der Waals surface area contributed by atoms with E-state index in [-0.39, 0.29) is 12.2 Å². The molecule has 6 nitrogen and oxygen atoms in total. The maximum Gasteiger partial charge on any atom is 0.338 e. The highest BCUT2D eigenvalue weighted by molar-refractivity contribution is 7.19. The van der Waals surface area contributed by atoms with Gasteiger partial charge in [0.2, 0.25) is 0 Å². The lowest BCUT2D eigenvalue weighted by Crippen LogP contribution is -2.14. The molecule has 142 valence electrons. The lowest BCUT2D eigenvalue weighted by Gasteiger charge is -2.05. The highest BCUT2D eigenvalue weighted by Gasteiger charge is 2.15. The fraction of sp³-hybridized carbons (Fsp3) is 0.150. The van der Waals surface area contributed by atoms with Crippen LogP contribution in [0.4, 0.5) is 0 Å². The minimum Gasteiger partial charge on any atom is -0.497 e. The van der Waals surface area contributed by atoms with E-state index < -0.39 is 5.97 Å². The zero-order chi connectivity index (χ0) is 19.7. The number of carbonyl (C=O) groups excluding carboxylic acids is 1. The van der Waals surface area contributed by atoms with E-state index in [0.29, 0.717) is 27.4 Å². The molecule has 1 N–H and O–H groups in total. The number of aromatic nitrogens is 2. The molecule has 0 atom stereocenters. The molecular formula is C20H16N2O4S2. The van der Waals surface area contributed by atoms with E-state index in [1.54, 1.807) is 42.7 Å². The van der Waals surface area contributed by atoms with E-state index in [1.807, 2.05) is 24.4 Å². The summed E-state index contributed by atoms with van der Waals surface area (Å²) in [5.41, 5.74) is 1.05. The van der Waals surface area contributed by atoms with Gasteiger partial charge < -0.3 is 14.5 Å². The smallest absolute Gasteiger partial charge is 0.338 e. The van der Waals surface area contributed by atoms with Gasteiger partial charge in [0.05, 0.1) is 18.1 Å². The van der Waals surface area contributed by atoms with Gasteiger partial charge in [-0.2, -0.15) is 0 Å². The molecule has 0 radical (unpaired) electrons. The molecule has 0 amide bonds. The van der Waals surface area contributed by atoms with Gasteiger partial charge in [-0.15, -0.1) is 22.7 Å². The number of nitrogens with one attached hydrogen (secondary N) is 1. The Morgan fingerprint density at radius 3 is 2.64 bits per heavy atom. The van der Waals surface area contributed by atoms with Gasteiger partial charge in [-0.25, -0.2) is 9.78 Å². The topological polar surface area (TPSA) is 81.3 Å². The molecule has 0 fully saturated rings. The molecule has 4 aromatic rings. The summed E-state index contributed by atoms with van der Waals surface area (Å²) in [6.07, 6.45) is 0. The minimum absolute atomic E-state index is 0.110. The van der Waals surface area contributed by atoms with Crippen LogP contribution in [0.5, 0.6) is 5.75 Å². The number of methoxy groups -OCH3 is 1. The predicted molar refractivity (Wildman–Crippen MR) is 110 cm³/mol. The Morgan fingerprint density at radius 1 is 1.18 bits per heavy atom. The van der Waals surface area contributed by atoms with E-state index >= 15 is 0 Å². The van der Waals surface area contributed by atoms with Crippen LogP contribution in [0.3, 0.4) is 0 Å². The van der Waals surface area contributed by atoms with Gasteiger partial charge in [-0.3, -0.25) is 4.79 Å². The first kappa shape index (κ1) is 18.4. The number of thiophene rings is 2. The maximum absolute atomic E-state index is 12.6. The number of benzene rings is 1. The molecule has 28 heavy (non-hydrogen) atoms. The van der Waals surface area contributed by atoms with Crippen molar-refractivity contribution in [2.45, 2.75) is 13.5 Å². The Hall–Kier alpha value is -2.97. The Kier molecular flexibility index (Phi) is 4.97. The number of fused-ring (bicyclic) bond motifs is 1. The van der Waals surface area contributed by atoms with Crippen LogP contribution in [0.2, 0.25) is 0 Å². The highest BCUT2D eigenvalue weighted by Crippen LogP contribution is 2.34. The van der Waals surface area contributed by atoms with Crippen LogP contribution in [-0.4, -0.2) is 23.0 Å². The summed E-state index contributed by atoms with van der Waals surface area (Å²) in [6.45, 7) is 1.92. The van der Waals surface area contributed by atoms with Crippen LogP contribution in [-0.2, 0) is 11.3 Å². The van der Waals surface area contributed by atoms with E-state index in [4.69, 9.17) is 9.47 Å². The third kappa shape index (κ3) is 3.56. The van der Waals surface area contributed by atoms with Gasteiger partial charge in [0.15, 0.2) is 0 Å². The van der Waals surface area contributed by atoms with Crippen molar-refractivity contribution in [3.63, 3.8) is 0 Å². The number of carbonyl (C=O) groups is 1. The quantitative estimate of drug-likeness (QED) is 0.492. The second-order valence-electron chi connectivity index (χ2n) is 6.06. The molecule has 3 heterocycles. The molecule has 0 saturated heterocycles. The monoisotopic (exact) mass is 412 g/mol. The van der Waals surface area contributed by atoms with Crippen molar-refractivity contribution in [2.75, 3.05) is 7.11 Å². The number of hydrogen-bond acceptors (Lipinski definition) is 7. The Morgan fingerprint density at radius 2 is 1.96 bits per heavy atom. The number of H-pyrrole nitrogens is 1. The Bertz CT molecular complexity index is 1210. The van der Waals surface area contributed by atoms with Crippen LogP contribution in [0.15, 0.2) is 46.6 Å². The van der Waals surface area contributed by atoms with Crippen LogP contribution in [0.1, 0.15) is 21.1 Å². The molecule has 8 heteroatoms. The molecule has 0 aliphatic carbocycles. The minimum atomic E-state index is -0.494. The SMILES string of the molecule is COc1ccc(C(=O)OCc2nc3scc(-c4ccc(C)s4)c3c(=O)[nH]2)cc1. The largest absolute Gasteiger partial charge is 0.497 e. The van der Waals surface area contributed by atoms with Crippen molar-refractivity contribution in [3.05, 3.63) is 68.4 Å². The van der Waals surface area contributed by atoms with Crippen molar-refractivity contribution in [1.82, 2.24) is 9.97 Å². The van der Waals surface area contributed by atoms with Crippen molar-refractivity contribution < 1.29 is 14.3 Å².